The molecule has 0 unspecified atom stereocenters. The Bertz CT molecular complexity index is 755. The highest BCUT2D eigenvalue weighted by atomic mass is 16.5. The van der Waals surface area contributed by atoms with Gasteiger partial charge in [0.15, 0.2) is 0 Å². The Morgan fingerprint density at radius 3 is 2.19 bits per heavy atom. The Labute approximate surface area is 153 Å². The van der Waals surface area contributed by atoms with E-state index in [0.717, 1.165) is 16.9 Å². The molecule has 6 heteroatoms. The maximum atomic E-state index is 12.3. The monoisotopic (exact) mass is 357 g/mol. The van der Waals surface area contributed by atoms with E-state index in [1.54, 1.807) is 33.1 Å². The lowest BCUT2D eigenvalue weighted by atomic mass is 10.0. The molecule has 0 aliphatic rings. The van der Waals surface area contributed by atoms with E-state index in [2.05, 4.69) is 5.32 Å². The van der Waals surface area contributed by atoms with Crippen molar-refractivity contribution < 1.29 is 23.8 Å². The van der Waals surface area contributed by atoms with Crippen molar-refractivity contribution in [3.8, 4) is 5.75 Å². The van der Waals surface area contributed by atoms with Crippen molar-refractivity contribution in [3.05, 3.63) is 59.2 Å². The molecule has 1 N–H and O–H groups in total. The van der Waals surface area contributed by atoms with E-state index in [0.29, 0.717) is 17.7 Å². The second-order valence-corrected chi connectivity index (χ2v) is 5.47. The molecule has 0 aliphatic carbocycles. The second kappa shape index (κ2) is 9.46. The number of hydrogen-bond donors (Lipinski definition) is 1. The molecular formula is C20H23NO5. The number of methoxy groups -OCH3 is 1. The van der Waals surface area contributed by atoms with Crippen molar-refractivity contribution in [2.75, 3.05) is 25.6 Å². The maximum absolute atomic E-state index is 12.3. The number of ether oxygens (including phenoxy) is 3. The van der Waals surface area contributed by atoms with Crippen molar-refractivity contribution >= 4 is 17.7 Å². The van der Waals surface area contributed by atoms with Gasteiger partial charge in [-0.2, -0.15) is 0 Å². The zero-order valence-corrected chi connectivity index (χ0v) is 15.2. The van der Waals surface area contributed by atoms with Crippen molar-refractivity contribution in [2.45, 2.75) is 20.3 Å². The quantitative estimate of drug-likeness (QED) is 0.757. The number of carbonyl (C=O) groups excluding carboxylic acids is 2. The fraction of sp³-hybridized carbons (Fsp3) is 0.300. The zero-order valence-electron chi connectivity index (χ0n) is 15.2. The largest absolute Gasteiger partial charge is 0.497 e. The molecule has 138 valence electrons. The summed E-state index contributed by atoms with van der Waals surface area (Å²) >= 11 is 0. The van der Waals surface area contributed by atoms with Crippen molar-refractivity contribution in [1.82, 2.24) is 0 Å². The molecule has 0 aromatic heterocycles. The molecule has 0 saturated heterocycles. The van der Waals surface area contributed by atoms with Crippen LogP contribution in [0.5, 0.6) is 5.75 Å². The lowest BCUT2D eigenvalue weighted by Gasteiger charge is -2.12. The van der Waals surface area contributed by atoms with Gasteiger partial charge in [0.25, 0.3) is 0 Å². The van der Waals surface area contributed by atoms with Gasteiger partial charge < -0.3 is 14.2 Å². The minimum atomic E-state index is -0.610. The smallest absolute Gasteiger partial charge is 0.411 e. The van der Waals surface area contributed by atoms with Crippen LogP contribution >= 0.6 is 0 Å². The average molecular weight is 357 g/mol. The summed E-state index contributed by atoms with van der Waals surface area (Å²) in [7, 11) is 1.62. The Kier molecular flexibility index (Phi) is 7.02. The van der Waals surface area contributed by atoms with Gasteiger partial charge in [-0.25, -0.2) is 9.59 Å². The van der Waals surface area contributed by atoms with Crippen LogP contribution < -0.4 is 10.1 Å². The summed E-state index contributed by atoms with van der Waals surface area (Å²) in [6.07, 6.45) is 0.0248. The van der Waals surface area contributed by atoms with Crippen LogP contribution in [0.4, 0.5) is 10.5 Å². The third kappa shape index (κ3) is 5.24. The van der Waals surface area contributed by atoms with Crippen LogP contribution in [0.15, 0.2) is 42.5 Å². The van der Waals surface area contributed by atoms with Gasteiger partial charge in [0.2, 0.25) is 0 Å². The molecular weight excluding hydrogens is 334 g/mol. The van der Waals surface area contributed by atoms with Gasteiger partial charge in [-0.05, 0) is 55.7 Å². The fourth-order valence-corrected chi connectivity index (χ4v) is 2.44. The number of nitrogens with one attached hydrogen (secondary N) is 1. The van der Waals surface area contributed by atoms with Crippen LogP contribution in [-0.2, 0) is 15.9 Å². The van der Waals surface area contributed by atoms with Crippen LogP contribution in [0.3, 0.4) is 0 Å². The molecule has 0 radical (unpaired) electrons. The summed E-state index contributed by atoms with van der Waals surface area (Å²) in [4.78, 5) is 23.9. The van der Waals surface area contributed by atoms with Gasteiger partial charge in [-0.1, -0.05) is 18.2 Å². The molecule has 0 fully saturated rings. The topological polar surface area (TPSA) is 73.9 Å². The molecule has 2 aromatic rings. The van der Waals surface area contributed by atoms with Crippen LogP contribution in [0.2, 0.25) is 0 Å². The number of rotatable bonds is 7. The van der Waals surface area contributed by atoms with Crippen molar-refractivity contribution in [2.24, 2.45) is 0 Å². The molecule has 0 bridgehead atoms. The molecule has 0 saturated carbocycles. The number of hydrogen-bond acceptors (Lipinski definition) is 5. The first kappa shape index (κ1) is 19.3. The first-order chi connectivity index (χ1) is 12.6. The van der Waals surface area contributed by atoms with E-state index < -0.39 is 12.1 Å². The van der Waals surface area contributed by atoms with E-state index in [4.69, 9.17) is 14.2 Å². The minimum absolute atomic E-state index is 0.246. The van der Waals surface area contributed by atoms with Crippen molar-refractivity contribution in [1.29, 1.82) is 0 Å². The molecule has 6 nitrogen and oxygen atoms in total. The lowest BCUT2D eigenvalue weighted by Crippen LogP contribution is -2.17. The third-order valence-corrected chi connectivity index (χ3v) is 3.66. The summed E-state index contributed by atoms with van der Waals surface area (Å²) in [6, 6.07) is 13.0. The first-order valence-electron chi connectivity index (χ1n) is 8.44. The predicted octanol–water partition coefficient (Wildman–Crippen LogP) is 4.03. The Morgan fingerprint density at radius 2 is 1.58 bits per heavy atom. The van der Waals surface area contributed by atoms with E-state index in [-0.39, 0.29) is 13.2 Å². The molecule has 0 atom stereocenters. The molecule has 2 rings (SSSR count). The number of esters is 1. The Morgan fingerprint density at radius 1 is 0.923 bits per heavy atom. The van der Waals surface area contributed by atoms with Gasteiger partial charge in [0.05, 0.1) is 31.6 Å². The Hall–Kier alpha value is -3.02. The maximum Gasteiger partial charge on any atom is 0.411 e. The predicted molar refractivity (Wildman–Crippen MR) is 98.8 cm³/mol. The Balaban J connectivity index is 2.25. The number of carbonyl (C=O) groups is 2. The second-order valence-electron chi connectivity index (χ2n) is 5.47. The summed E-state index contributed by atoms with van der Waals surface area (Å²) in [5.74, 6) is 0.297. The highest BCUT2D eigenvalue weighted by molar-refractivity contribution is 5.99. The zero-order chi connectivity index (χ0) is 18.9. The van der Waals surface area contributed by atoms with Crippen molar-refractivity contribution in [3.63, 3.8) is 0 Å². The summed E-state index contributed by atoms with van der Waals surface area (Å²) < 4.78 is 15.1. The molecule has 26 heavy (non-hydrogen) atoms. The average Bonchev–Trinajstić information content (AvgIpc) is 2.64. The van der Waals surface area contributed by atoms with Crippen LogP contribution in [0.25, 0.3) is 0 Å². The minimum Gasteiger partial charge on any atom is -0.497 e. The molecule has 0 spiro atoms. The third-order valence-electron chi connectivity index (χ3n) is 3.66. The number of amides is 1. The normalized spacial score (nSPS) is 10.1. The van der Waals surface area contributed by atoms with Gasteiger partial charge in [-0.3, -0.25) is 5.32 Å². The number of benzene rings is 2. The van der Waals surface area contributed by atoms with E-state index in [1.807, 2.05) is 30.3 Å². The summed E-state index contributed by atoms with van der Waals surface area (Å²) in [5, 5.41) is 2.58. The van der Waals surface area contributed by atoms with Crippen LogP contribution in [-0.4, -0.2) is 32.4 Å². The van der Waals surface area contributed by atoms with Gasteiger partial charge in [0.1, 0.15) is 5.75 Å². The van der Waals surface area contributed by atoms with Crippen LogP contribution in [0, 0.1) is 0 Å². The van der Waals surface area contributed by atoms with E-state index in [9.17, 15) is 9.59 Å². The highest BCUT2D eigenvalue weighted by Gasteiger charge is 2.16. The summed E-state index contributed by atoms with van der Waals surface area (Å²) in [5.41, 5.74) is 2.66. The van der Waals surface area contributed by atoms with Gasteiger partial charge >= 0.3 is 12.1 Å². The first-order valence-corrected chi connectivity index (χ1v) is 8.44. The van der Waals surface area contributed by atoms with Crippen LogP contribution in [0.1, 0.15) is 35.3 Å². The molecule has 2 aromatic carbocycles. The number of anilines is 1. The summed E-state index contributed by atoms with van der Waals surface area (Å²) in [6.45, 7) is 3.94. The molecule has 0 heterocycles. The van der Waals surface area contributed by atoms with E-state index in [1.165, 1.54) is 0 Å². The fourth-order valence-electron chi connectivity index (χ4n) is 2.44. The van der Waals surface area contributed by atoms with E-state index >= 15 is 0 Å². The SMILES string of the molecule is CCOC(=O)Nc1ccc(Cc2ccc(OC)cc2)cc1C(=O)OCC. The standard InChI is InChI=1S/C20H23NO5/c1-4-25-19(22)17-13-15(8-11-18(17)21-20(23)26-5-2)12-14-6-9-16(24-3)10-7-14/h6-11,13H,4-5,12H2,1-3H3,(H,21,23). The highest BCUT2D eigenvalue weighted by Crippen LogP contribution is 2.22. The lowest BCUT2D eigenvalue weighted by molar-refractivity contribution is 0.0527. The molecule has 0 aliphatic heterocycles. The molecule has 1 amide bonds. The van der Waals surface area contributed by atoms with Gasteiger partial charge in [-0.15, -0.1) is 0 Å². The van der Waals surface area contributed by atoms with Gasteiger partial charge in [0, 0.05) is 0 Å².